The van der Waals surface area contributed by atoms with E-state index in [9.17, 15) is 8.78 Å². The van der Waals surface area contributed by atoms with Gasteiger partial charge in [0.25, 0.3) is 0 Å². The predicted octanol–water partition coefficient (Wildman–Crippen LogP) is 0.921. The Kier molecular flexibility index (Phi) is 2.09. The van der Waals surface area contributed by atoms with Crippen LogP contribution < -0.4 is 4.74 Å². The third-order valence-corrected chi connectivity index (χ3v) is 0.783. The van der Waals surface area contributed by atoms with Gasteiger partial charge in [-0.3, -0.25) is 0 Å². The van der Waals surface area contributed by atoms with Crippen LogP contribution in [0.25, 0.3) is 0 Å². The van der Waals surface area contributed by atoms with E-state index in [1.165, 1.54) is 0 Å². The van der Waals surface area contributed by atoms with Crippen LogP contribution in [0, 0.1) is 5.95 Å². The van der Waals surface area contributed by atoms with E-state index in [-0.39, 0.29) is 6.01 Å². The molecule has 0 atom stereocenters. The highest BCUT2D eigenvalue weighted by Crippen LogP contribution is 2.00. The van der Waals surface area contributed by atoms with E-state index in [0.717, 1.165) is 12.3 Å². The molecule has 0 aliphatic heterocycles. The first kappa shape index (κ1) is 6.85. The maximum absolute atomic E-state index is 12.1. The molecule has 0 saturated heterocycles. The van der Waals surface area contributed by atoms with E-state index in [2.05, 4.69) is 14.7 Å². The minimum Gasteiger partial charge on any atom is -0.431 e. The molecule has 0 aromatic carbocycles. The molecule has 0 N–H and O–H groups in total. The van der Waals surface area contributed by atoms with Crippen LogP contribution in [0.2, 0.25) is 0 Å². The lowest BCUT2D eigenvalue weighted by atomic mass is 10.7. The Hall–Kier alpha value is -1.26. The molecule has 0 radical (unpaired) electrons. The Morgan fingerprint density at radius 2 is 2.40 bits per heavy atom. The number of rotatable bonds is 2. The summed E-state index contributed by atoms with van der Waals surface area (Å²) in [5, 5.41) is 0. The van der Waals surface area contributed by atoms with Crippen molar-refractivity contribution in [3.8, 4) is 6.01 Å². The summed E-state index contributed by atoms with van der Waals surface area (Å²) in [6.07, 6.45) is 1.15. The van der Waals surface area contributed by atoms with Gasteiger partial charge in [0.2, 0.25) is 12.8 Å². The third kappa shape index (κ3) is 1.61. The molecule has 5 heteroatoms. The molecule has 0 aliphatic rings. The molecule has 1 aromatic heterocycles. The first-order valence-corrected chi connectivity index (χ1v) is 2.50. The third-order valence-electron chi connectivity index (χ3n) is 0.783. The van der Waals surface area contributed by atoms with Crippen molar-refractivity contribution < 1.29 is 13.5 Å². The summed E-state index contributed by atoms with van der Waals surface area (Å²) in [7, 11) is 0. The Labute approximate surface area is 55.7 Å². The van der Waals surface area contributed by atoms with Crippen molar-refractivity contribution in [3.63, 3.8) is 0 Å². The fourth-order valence-electron chi connectivity index (χ4n) is 0.438. The van der Waals surface area contributed by atoms with Crippen LogP contribution in [0.1, 0.15) is 0 Å². The quantitative estimate of drug-likeness (QED) is 0.582. The Morgan fingerprint density at radius 1 is 1.60 bits per heavy atom. The number of hydrogen-bond donors (Lipinski definition) is 0. The van der Waals surface area contributed by atoms with Crippen LogP contribution in [0.4, 0.5) is 8.78 Å². The monoisotopic (exact) mass is 146 g/mol. The summed E-state index contributed by atoms with van der Waals surface area (Å²) in [6, 6.07) is 0.757. The highest BCUT2D eigenvalue weighted by molar-refractivity contribution is 4.94. The summed E-state index contributed by atoms with van der Waals surface area (Å²) in [5.41, 5.74) is 0. The number of nitrogens with zero attached hydrogens (tertiary/aromatic N) is 2. The molecule has 0 fully saturated rings. The van der Waals surface area contributed by atoms with Crippen LogP contribution in [0.15, 0.2) is 12.3 Å². The Morgan fingerprint density at radius 3 is 3.00 bits per heavy atom. The molecule has 1 rings (SSSR count). The molecule has 10 heavy (non-hydrogen) atoms. The molecule has 1 heterocycles. The number of aromatic nitrogens is 2. The molecular weight excluding hydrogens is 142 g/mol. The van der Waals surface area contributed by atoms with Crippen LogP contribution in [-0.4, -0.2) is 16.8 Å². The molecule has 0 unspecified atom stereocenters. The standard InChI is InChI=1S/C5H4F2N2O/c6-3-10-5-8-2-1-4(7)9-5/h1-2H,3H2. The van der Waals surface area contributed by atoms with Gasteiger partial charge in [-0.15, -0.1) is 0 Å². The summed E-state index contributed by atoms with van der Waals surface area (Å²) >= 11 is 0. The van der Waals surface area contributed by atoms with Crippen LogP contribution in [0.3, 0.4) is 0 Å². The topological polar surface area (TPSA) is 35.0 Å². The average molecular weight is 146 g/mol. The number of hydrogen-bond acceptors (Lipinski definition) is 3. The predicted molar refractivity (Wildman–Crippen MR) is 28.6 cm³/mol. The fourth-order valence-corrected chi connectivity index (χ4v) is 0.438. The van der Waals surface area contributed by atoms with Gasteiger partial charge in [0.15, 0.2) is 0 Å². The van der Waals surface area contributed by atoms with E-state index in [1.54, 1.807) is 0 Å². The first-order chi connectivity index (χ1) is 4.83. The van der Waals surface area contributed by atoms with Gasteiger partial charge in [-0.1, -0.05) is 0 Å². The average Bonchev–Trinajstić information content (AvgIpc) is 1.88. The van der Waals surface area contributed by atoms with Crippen molar-refractivity contribution in [1.82, 2.24) is 9.97 Å². The zero-order valence-corrected chi connectivity index (χ0v) is 4.92. The molecular formula is C5H4F2N2O. The van der Waals surface area contributed by atoms with Gasteiger partial charge >= 0.3 is 6.01 Å². The molecule has 0 amide bonds. The van der Waals surface area contributed by atoms with Crippen molar-refractivity contribution in [2.75, 3.05) is 6.86 Å². The second kappa shape index (κ2) is 3.05. The molecule has 0 saturated carbocycles. The summed E-state index contributed by atoms with van der Waals surface area (Å²) in [4.78, 5) is 6.54. The minimum absolute atomic E-state index is 0.289. The lowest BCUT2D eigenvalue weighted by molar-refractivity contribution is 0.175. The summed E-state index contributed by atoms with van der Waals surface area (Å²) < 4.78 is 27.7. The second-order valence-corrected chi connectivity index (χ2v) is 1.42. The van der Waals surface area contributed by atoms with Crippen molar-refractivity contribution in [3.05, 3.63) is 18.2 Å². The van der Waals surface area contributed by atoms with Crippen molar-refractivity contribution >= 4 is 0 Å². The molecule has 1 aromatic rings. The zero-order chi connectivity index (χ0) is 7.40. The van der Waals surface area contributed by atoms with Crippen LogP contribution >= 0.6 is 0 Å². The van der Waals surface area contributed by atoms with E-state index >= 15 is 0 Å². The molecule has 3 nitrogen and oxygen atoms in total. The van der Waals surface area contributed by atoms with Gasteiger partial charge in [0, 0.05) is 12.3 Å². The van der Waals surface area contributed by atoms with Gasteiger partial charge < -0.3 is 4.74 Å². The van der Waals surface area contributed by atoms with E-state index in [1.807, 2.05) is 0 Å². The van der Waals surface area contributed by atoms with Crippen LogP contribution in [0.5, 0.6) is 6.01 Å². The summed E-state index contributed by atoms with van der Waals surface area (Å²) in [6.45, 7) is -1.05. The van der Waals surface area contributed by atoms with Crippen molar-refractivity contribution in [2.45, 2.75) is 0 Å². The lowest BCUT2D eigenvalue weighted by Crippen LogP contribution is -1.96. The van der Waals surface area contributed by atoms with Gasteiger partial charge in [-0.2, -0.15) is 9.37 Å². The molecule has 54 valence electrons. The van der Waals surface area contributed by atoms with E-state index in [4.69, 9.17) is 0 Å². The van der Waals surface area contributed by atoms with Crippen LogP contribution in [-0.2, 0) is 0 Å². The normalized spacial score (nSPS) is 9.40. The number of ether oxygens (including phenoxy) is 1. The van der Waals surface area contributed by atoms with Crippen molar-refractivity contribution in [1.29, 1.82) is 0 Å². The number of alkyl halides is 1. The summed E-state index contributed by atoms with van der Waals surface area (Å²) in [5.74, 6) is -0.738. The molecule has 0 aliphatic carbocycles. The Bertz CT molecular complexity index is 219. The second-order valence-electron chi connectivity index (χ2n) is 1.42. The van der Waals surface area contributed by atoms with E-state index < -0.39 is 12.8 Å². The smallest absolute Gasteiger partial charge is 0.321 e. The minimum atomic E-state index is -1.05. The zero-order valence-electron chi connectivity index (χ0n) is 4.92. The van der Waals surface area contributed by atoms with Gasteiger partial charge in [0.05, 0.1) is 0 Å². The number of halogens is 2. The highest BCUT2D eigenvalue weighted by atomic mass is 19.1. The van der Waals surface area contributed by atoms with E-state index in [0.29, 0.717) is 0 Å². The Balaban J connectivity index is 2.75. The largest absolute Gasteiger partial charge is 0.431 e. The van der Waals surface area contributed by atoms with Gasteiger partial charge in [0.1, 0.15) is 0 Å². The van der Waals surface area contributed by atoms with Gasteiger partial charge in [-0.25, -0.2) is 9.37 Å². The first-order valence-electron chi connectivity index (χ1n) is 2.50. The molecule has 0 spiro atoms. The van der Waals surface area contributed by atoms with Crippen molar-refractivity contribution in [2.24, 2.45) is 0 Å². The SMILES string of the molecule is FCOc1nccc(F)n1. The maximum Gasteiger partial charge on any atom is 0.321 e. The maximum atomic E-state index is 12.1. The molecule has 0 bridgehead atoms. The lowest BCUT2D eigenvalue weighted by Gasteiger charge is -1.95. The fraction of sp³-hybridized carbons (Fsp3) is 0.200. The highest BCUT2D eigenvalue weighted by Gasteiger charge is 1.96. The van der Waals surface area contributed by atoms with Gasteiger partial charge in [-0.05, 0) is 0 Å².